The van der Waals surface area contributed by atoms with Crippen molar-refractivity contribution in [3.05, 3.63) is 69.8 Å². The molecule has 2 aromatic carbocycles. The molecular formula is C24H20F3N3O7. The van der Waals surface area contributed by atoms with Crippen LogP contribution in [-0.2, 0) is 9.59 Å². The van der Waals surface area contributed by atoms with E-state index in [9.17, 15) is 38.2 Å². The second-order valence-corrected chi connectivity index (χ2v) is 8.55. The molecule has 0 aliphatic carbocycles. The molecule has 0 bridgehead atoms. The Kier molecular flexibility index (Phi) is 6.90. The predicted octanol–water partition coefficient (Wildman–Crippen LogP) is 2.20. The van der Waals surface area contributed by atoms with Crippen molar-refractivity contribution in [1.82, 2.24) is 9.88 Å². The molecule has 10 nitrogen and oxygen atoms in total. The average molecular weight is 519 g/mol. The van der Waals surface area contributed by atoms with E-state index in [-0.39, 0.29) is 35.4 Å². The number of hydrogen-bond acceptors (Lipinski definition) is 6. The predicted molar refractivity (Wildman–Crippen MR) is 124 cm³/mol. The number of aromatic carboxylic acids is 1. The van der Waals surface area contributed by atoms with Crippen LogP contribution in [0.1, 0.15) is 23.2 Å². The van der Waals surface area contributed by atoms with Crippen LogP contribution < -0.4 is 15.6 Å². The molecule has 1 aromatic heterocycles. The van der Waals surface area contributed by atoms with E-state index in [2.05, 4.69) is 5.32 Å². The van der Waals surface area contributed by atoms with Gasteiger partial charge in [-0.05, 0) is 30.7 Å². The van der Waals surface area contributed by atoms with Crippen molar-refractivity contribution in [1.29, 1.82) is 0 Å². The van der Waals surface area contributed by atoms with Crippen molar-refractivity contribution in [3.8, 4) is 5.69 Å². The summed E-state index contributed by atoms with van der Waals surface area (Å²) < 4.78 is 44.3. The fourth-order valence-electron chi connectivity index (χ4n) is 4.40. The number of fused-ring (bicyclic) bond motifs is 1. The van der Waals surface area contributed by atoms with Gasteiger partial charge in [0.25, 0.3) is 0 Å². The minimum absolute atomic E-state index is 0.0272. The molecule has 2 heterocycles. The number of nitrogens with one attached hydrogen (secondary N) is 1. The number of aliphatic carboxylic acids is 2. The number of carboxylic acid groups (broad SMARTS) is 3. The third-order valence-electron chi connectivity index (χ3n) is 6.11. The van der Waals surface area contributed by atoms with Gasteiger partial charge in [0, 0.05) is 36.8 Å². The smallest absolute Gasteiger partial charge is 0.341 e. The zero-order valence-corrected chi connectivity index (χ0v) is 19.0. The minimum Gasteiger partial charge on any atom is -0.481 e. The van der Waals surface area contributed by atoms with E-state index in [1.165, 1.54) is 11.0 Å². The maximum absolute atomic E-state index is 15.2. The van der Waals surface area contributed by atoms with Crippen LogP contribution in [0.15, 0.2) is 41.3 Å². The molecule has 1 fully saturated rings. The molecule has 0 radical (unpaired) electrons. The van der Waals surface area contributed by atoms with E-state index in [0.29, 0.717) is 12.5 Å². The number of benzene rings is 2. The zero-order valence-electron chi connectivity index (χ0n) is 19.0. The van der Waals surface area contributed by atoms with Gasteiger partial charge in [-0.15, -0.1) is 0 Å². The summed E-state index contributed by atoms with van der Waals surface area (Å²) in [7, 11) is 0. The quantitative estimate of drug-likeness (QED) is 0.351. The first-order chi connectivity index (χ1) is 17.5. The number of carboxylic acids is 3. The van der Waals surface area contributed by atoms with Gasteiger partial charge in [-0.25, -0.2) is 18.0 Å². The van der Waals surface area contributed by atoms with E-state index in [0.717, 1.165) is 29.0 Å². The van der Waals surface area contributed by atoms with Gasteiger partial charge in [-0.3, -0.25) is 19.7 Å². The Bertz CT molecular complexity index is 1490. The lowest BCUT2D eigenvalue weighted by Crippen LogP contribution is -2.45. The van der Waals surface area contributed by atoms with Gasteiger partial charge in [0.1, 0.15) is 29.1 Å². The summed E-state index contributed by atoms with van der Waals surface area (Å²) in [5, 5.41) is 30.0. The molecule has 13 heteroatoms. The second-order valence-electron chi connectivity index (χ2n) is 8.55. The Morgan fingerprint density at radius 3 is 2.35 bits per heavy atom. The fraction of sp³-hybridized carbons (Fsp3) is 0.250. The van der Waals surface area contributed by atoms with Crippen LogP contribution in [0.25, 0.3) is 16.6 Å². The van der Waals surface area contributed by atoms with Gasteiger partial charge in [-0.1, -0.05) is 0 Å². The van der Waals surface area contributed by atoms with Crippen molar-refractivity contribution < 1.29 is 42.9 Å². The first-order valence-electron chi connectivity index (χ1n) is 11.0. The Morgan fingerprint density at radius 1 is 1.03 bits per heavy atom. The van der Waals surface area contributed by atoms with Crippen LogP contribution in [0.4, 0.5) is 18.9 Å². The highest BCUT2D eigenvalue weighted by atomic mass is 19.1. The molecule has 0 saturated carbocycles. The highest BCUT2D eigenvalue weighted by Crippen LogP contribution is 2.30. The second kappa shape index (κ2) is 9.93. The monoisotopic (exact) mass is 519 g/mol. The highest BCUT2D eigenvalue weighted by Gasteiger charge is 2.30. The third kappa shape index (κ3) is 5.11. The van der Waals surface area contributed by atoms with Crippen molar-refractivity contribution >= 4 is 34.5 Å². The SMILES string of the molecule is O=C(O)CC(NC1CCN(c2cc3c(cc2F)c(=O)c(C(=O)O)cn3-c2ccc(F)cc2F)C1)C(=O)O. The van der Waals surface area contributed by atoms with Crippen molar-refractivity contribution in [2.75, 3.05) is 18.0 Å². The van der Waals surface area contributed by atoms with Gasteiger partial charge in [-0.2, -0.15) is 0 Å². The van der Waals surface area contributed by atoms with Crippen LogP contribution >= 0.6 is 0 Å². The van der Waals surface area contributed by atoms with Crippen LogP contribution in [0.5, 0.6) is 0 Å². The maximum Gasteiger partial charge on any atom is 0.341 e. The largest absolute Gasteiger partial charge is 0.481 e. The van der Waals surface area contributed by atoms with E-state index in [4.69, 9.17) is 5.11 Å². The summed E-state index contributed by atoms with van der Waals surface area (Å²) >= 11 is 0. The van der Waals surface area contributed by atoms with Crippen LogP contribution in [0.2, 0.25) is 0 Å². The average Bonchev–Trinajstić information content (AvgIpc) is 3.27. The summed E-state index contributed by atoms with van der Waals surface area (Å²) in [5.74, 6) is -7.07. The van der Waals surface area contributed by atoms with Crippen molar-refractivity contribution in [2.24, 2.45) is 0 Å². The lowest BCUT2D eigenvalue weighted by Gasteiger charge is -2.23. The van der Waals surface area contributed by atoms with E-state index < -0.39 is 64.9 Å². The van der Waals surface area contributed by atoms with Crippen LogP contribution in [0, 0.1) is 17.5 Å². The van der Waals surface area contributed by atoms with Gasteiger partial charge in [0.15, 0.2) is 0 Å². The molecular weight excluding hydrogens is 499 g/mol. The Balaban J connectivity index is 1.78. The summed E-state index contributed by atoms with van der Waals surface area (Å²) in [5.41, 5.74) is -2.08. The molecule has 4 rings (SSSR count). The molecule has 1 saturated heterocycles. The van der Waals surface area contributed by atoms with Gasteiger partial charge < -0.3 is 24.8 Å². The number of hydrogen-bond donors (Lipinski definition) is 4. The number of aromatic nitrogens is 1. The van der Waals surface area contributed by atoms with Gasteiger partial charge in [0.2, 0.25) is 5.43 Å². The molecule has 3 aromatic rings. The van der Waals surface area contributed by atoms with Crippen molar-refractivity contribution in [3.63, 3.8) is 0 Å². The van der Waals surface area contributed by atoms with Gasteiger partial charge >= 0.3 is 17.9 Å². The number of rotatable bonds is 8. The lowest BCUT2D eigenvalue weighted by atomic mass is 10.1. The van der Waals surface area contributed by atoms with E-state index in [1.807, 2.05) is 0 Å². The Labute approximate surface area is 206 Å². The van der Waals surface area contributed by atoms with E-state index >= 15 is 4.39 Å². The van der Waals surface area contributed by atoms with Crippen LogP contribution in [0.3, 0.4) is 0 Å². The molecule has 1 aliphatic rings. The molecule has 4 N–H and O–H groups in total. The summed E-state index contributed by atoms with van der Waals surface area (Å²) in [6.07, 6.45) is 0.568. The number of anilines is 1. The van der Waals surface area contributed by atoms with Crippen LogP contribution in [-0.4, -0.2) is 63.0 Å². The summed E-state index contributed by atoms with van der Waals surface area (Å²) in [6, 6.07) is 2.79. The topological polar surface area (TPSA) is 149 Å². The lowest BCUT2D eigenvalue weighted by molar-refractivity contribution is -0.146. The first kappa shape index (κ1) is 25.7. The van der Waals surface area contributed by atoms with Crippen molar-refractivity contribution in [2.45, 2.75) is 24.9 Å². The minimum atomic E-state index is -1.62. The normalized spacial score (nSPS) is 16.2. The molecule has 2 unspecified atom stereocenters. The first-order valence-corrected chi connectivity index (χ1v) is 11.0. The number of carbonyl (C=O) groups is 3. The van der Waals surface area contributed by atoms with E-state index in [1.54, 1.807) is 0 Å². The molecule has 0 spiro atoms. The zero-order chi connectivity index (χ0) is 27.0. The highest BCUT2D eigenvalue weighted by molar-refractivity contribution is 5.94. The Hall–Kier alpha value is -4.39. The molecule has 37 heavy (non-hydrogen) atoms. The number of halogens is 3. The fourth-order valence-corrected chi connectivity index (χ4v) is 4.40. The number of nitrogens with zero attached hydrogens (tertiary/aromatic N) is 2. The molecule has 194 valence electrons. The Morgan fingerprint density at radius 2 is 1.73 bits per heavy atom. The standard InChI is InChI=1S/C24H20F3N3O7/c25-11-1-2-18(15(26)5-11)30-10-14(23(34)35)22(33)13-6-16(27)20(8-19(13)30)29-4-3-12(9-29)28-17(24(36)37)7-21(31)32/h1-2,5-6,8,10,12,17,28H,3-4,7,9H2,(H,31,32)(H,34,35)(H,36,37). The molecule has 1 aliphatic heterocycles. The molecule has 0 amide bonds. The third-order valence-corrected chi connectivity index (χ3v) is 6.11. The maximum atomic E-state index is 15.2. The number of pyridine rings is 1. The van der Waals surface area contributed by atoms with Gasteiger partial charge in [0.05, 0.1) is 23.3 Å². The summed E-state index contributed by atoms with van der Waals surface area (Å²) in [6.45, 7) is 0.329. The molecule has 2 atom stereocenters. The summed E-state index contributed by atoms with van der Waals surface area (Å²) in [4.78, 5) is 48.3.